The van der Waals surface area contributed by atoms with E-state index in [2.05, 4.69) is 54.5 Å². The normalized spacial score (nSPS) is 30.2. The van der Waals surface area contributed by atoms with Crippen LogP contribution >= 0.6 is 0 Å². The van der Waals surface area contributed by atoms with Gasteiger partial charge in [0.2, 0.25) is 0 Å². The average molecular weight is 286 g/mol. The minimum absolute atomic E-state index is 0.373. The summed E-state index contributed by atoms with van der Waals surface area (Å²) >= 11 is 0. The van der Waals surface area contributed by atoms with E-state index in [9.17, 15) is 0 Å². The average Bonchev–Trinajstić information content (AvgIpc) is 2.57. The Kier molecular flexibility index (Phi) is 4.66. The number of hydrogen-bond acceptors (Lipinski definition) is 2. The Hall–Kier alpha value is -0.860. The standard InChI is InChI=1S/C19H30N2/c1-19(20-2)12-14-21(15-13-19)18-10-8-17(9-11-18)16-6-4-3-5-7-16/h3-7,17-18,20H,8-15H2,1-2H3. The molecule has 21 heavy (non-hydrogen) atoms. The summed E-state index contributed by atoms with van der Waals surface area (Å²) in [5.41, 5.74) is 1.93. The molecule has 2 nitrogen and oxygen atoms in total. The van der Waals surface area contributed by atoms with Crippen molar-refractivity contribution in [2.24, 2.45) is 0 Å². The molecule has 0 aromatic heterocycles. The van der Waals surface area contributed by atoms with Gasteiger partial charge < -0.3 is 10.2 Å². The van der Waals surface area contributed by atoms with Gasteiger partial charge in [-0.2, -0.15) is 0 Å². The lowest BCUT2D eigenvalue weighted by Crippen LogP contribution is -2.52. The van der Waals surface area contributed by atoms with Crippen LogP contribution in [0.1, 0.15) is 56.9 Å². The van der Waals surface area contributed by atoms with Crippen molar-refractivity contribution in [2.75, 3.05) is 20.1 Å². The summed E-state index contributed by atoms with van der Waals surface area (Å²) in [6.07, 6.45) is 8.10. The van der Waals surface area contributed by atoms with Crippen molar-refractivity contribution < 1.29 is 0 Å². The second-order valence-electron chi connectivity index (χ2n) is 7.26. The molecule has 0 unspecified atom stereocenters. The first-order valence-electron chi connectivity index (χ1n) is 8.68. The molecule has 1 N–H and O–H groups in total. The van der Waals surface area contributed by atoms with Crippen LogP contribution in [-0.4, -0.2) is 36.6 Å². The van der Waals surface area contributed by atoms with Crippen LogP contribution in [0.25, 0.3) is 0 Å². The minimum Gasteiger partial charge on any atom is -0.314 e. The highest BCUT2D eigenvalue weighted by Gasteiger charge is 2.33. The van der Waals surface area contributed by atoms with Gasteiger partial charge in [0, 0.05) is 24.7 Å². The van der Waals surface area contributed by atoms with Crippen LogP contribution in [0.4, 0.5) is 0 Å². The van der Waals surface area contributed by atoms with Crippen molar-refractivity contribution in [1.29, 1.82) is 0 Å². The molecule has 1 aliphatic heterocycles. The van der Waals surface area contributed by atoms with Crippen LogP contribution in [-0.2, 0) is 0 Å². The summed E-state index contributed by atoms with van der Waals surface area (Å²) < 4.78 is 0. The molecule has 0 radical (unpaired) electrons. The predicted octanol–water partition coefficient (Wildman–Crippen LogP) is 3.79. The van der Waals surface area contributed by atoms with E-state index < -0.39 is 0 Å². The van der Waals surface area contributed by atoms with E-state index in [1.165, 1.54) is 51.6 Å². The van der Waals surface area contributed by atoms with E-state index in [0.29, 0.717) is 5.54 Å². The third-order valence-corrected chi connectivity index (χ3v) is 5.99. The van der Waals surface area contributed by atoms with Crippen LogP contribution in [0.3, 0.4) is 0 Å². The maximum Gasteiger partial charge on any atom is 0.0174 e. The largest absolute Gasteiger partial charge is 0.314 e. The third kappa shape index (κ3) is 3.49. The fourth-order valence-corrected chi connectivity index (χ4v) is 4.13. The van der Waals surface area contributed by atoms with Crippen molar-refractivity contribution >= 4 is 0 Å². The van der Waals surface area contributed by atoms with Crippen LogP contribution in [0.15, 0.2) is 30.3 Å². The number of piperidine rings is 1. The molecule has 0 spiro atoms. The first-order valence-corrected chi connectivity index (χ1v) is 8.68. The number of hydrogen-bond donors (Lipinski definition) is 1. The molecule has 1 heterocycles. The Balaban J connectivity index is 1.50. The van der Waals surface area contributed by atoms with E-state index >= 15 is 0 Å². The number of nitrogens with one attached hydrogen (secondary N) is 1. The highest BCUT2D eigenvalue weighted by molar-refractivity contribution is 5.20. The van der Waals surface area contributed by atoms with E-state index in [1.807, 2.05) is 0 Å². The SMILES string of the molecule is CNC1(C)CCN(C2CCC(c3ccccc3)CC2)CC1. The maximum absolute atomic E-state index is 3.51. The summed E-state index contributed by atoms with van der Waals surface area (Å²) in [7, 11) is 2.11. The fourth-order valence-electron chi connectivity index (χ4n) is 4.13. The van der Waals surface area contributed by atoms with Crippen LogP contribution in [0.5, 0.6) is 0 Å². The van der Waals surface area contributed by atoms with Crippen molar-refractivity contribution in [2.45, 2.75) is 62.9 Å². The number of benzene rings is 1. The molecule has 1 aliphatic carbocycles. The highest BCUT2D eigenvalue weighted by Crippen LogP contribution is 2.36. The van der Waals surface area contributed by atoms with Crippen molar-refractivity contribution in [3.8, 4) is 0 Å². The van der Waals surface area contributed by atoms with E-state index in [1.54, 1.807) is 5.56 Å². The zero-order valence-electron chi connectivity index (χ0n) is 13.6. The fraction of sp³-hybridized carbons (Fsp3) is 0.684. The summed E-state index contributed by atoms with van der Waals surface area (Å²) in [5.74, 6) is 0.801. The van der Waals surface area contributed by atoms with Gasteiger partial charge in [-0.05, 0) is 64.0 Å². The molecular weight excluding hydrogens is 256 g/mol. The van der Waals surface area contributed by atoms with Gasteiger partial charge in [-0.1, -0.05) is 30.3 Å². The number of nitrogens with zero attached hydrogens (tertiary/aromatic N) is 1. The first-order chi connectivity index (χ1) is 10.2. The van der Waals surface area contributed by atoms with Crippen LogP contribution in [0.2, 0.25) is 0 Å². The van der Waals surface area contributed by atoms with Gasteiger partial charge >= 0.3 is 0 Å². The second kappa shape index (κ2) is 6.50. The molecule has 3 rings (SSSR count). The smallest absolute Gasteiger partial charge is 0.0174 e. The monoisotopic (exact) mass is 286 g/mol. The van der Waals surface area contributed by atoms with Gasteiger partial charge in [-0.3, -0.25) is 0 Å². The Morgan fingerprint density at radius 1 is 1.00 bits per heavy atom. The Bertz CT molecular complexity index is 426. The Morgan fingerprint density at radius 2 is 1.62 bits per heavy atom. The summed E-state index contributed by atoms with van der Waals surface area (Å²) in [4.78, 5) is 2.76. The molecule has 2 aliphatic rings. The van der Waals surface area contributed by atoms with Gasteiger partial charge in [0.1, 0.15) is 0 Å². The molecular formula is C19H30N2. The lowest BCUT2D eigenvalue weighted by molar-refractivity contribution is 0.0864. The van der Waals surface area contributed by atoms with E-state index in [4.69, 9.17) is 0 Å². The predicted molar refractivity (Wildman–Crippen MR) is 89.7 cm³/mol. The molecule has 0 bridgehead atoms. The second-order valence-corrected chi connectivity index (χ2v) is 7.26. The summed E-state index contributed by atoms with van der Waals surface area (Å²) in [6.45, 7) is 4.92. The molecule has 1 aromatic carbocycles. The Labute approximate surface area is 129 Å². The molecule has 1 saturated heterocycles. The molecule has 0 atom stereocenters. The van der Waals surface area contributed by atoms with Crippen LogP contribution < -0.4 is 5.32 Å². The quantitative estimate of drug-likeness (QED) is 0.909. The molecule has 1 saturated carbocycles. The highest BCUT2D eigenvalue weighted by atomic mass is 15.2. The minimum atomic E-state index is 0.373. The topological polar surface area (TPSA) is 15.3 Å². The van der Waals surface area contributed by atoms with Gasteiger partial charge in [0.15, 0.2) is 0 Å². The molecule has 0 amide bonds. The van der Waals surface area contributed by atoms with E-state index in [-0.39, 0.29) is 0 Å². The molecule has 1 aromatic rings. The Morgan fingerprint density at radius 3 is 2.19 bits per heavy atom. The van der Waals surface area contributed by atoms with Crippen LogP contribution in [0, 0.1) is 0 Å². The molecule has 116 valence electrons. The molecule has 2 heteroatoms. The summed E-state index contributed by atoms with van der Waals surface area (Å²) in [6, 6.07) is 12.0. The van der Waals surface area contributed by atoms with Crippen molar-refractivity contribution in [3.05, 3.63) is 35.9 Å². The lowest BCUT2D eigenvalue weighted by Gasteiger charge is -2.44. The van der Waals surface area contributed by atoms with Gasteiger partial charge in [0.25, 0.3) is 0 Å². The maximum atomic E-state index is 3.51. The van der Waals surface area contributed by atoms with Gasteiger partial charge in [-0.25, -0.2) is 0 Å². The number of likely N-dealkylation sites (tertiary alicyclic amines) is 1. The van der Waals surface area contributed by atoms with Gasteiger partial charge in [0.05, 0.1) is 0 Å². The van der Waals surface area contributed by atoms with Crippen molar-refractivity contribution in [1.82, 2.24) is 10.2 Å². The summed E-state index contributed by atoms with van der Waals surface area (Å²) in [5, 5.41) is 3.51. The molecule has 2 fully saturated rings. The van der Waals surface area contributed by atoms with Crippen molar-refractivity contribution in [3.63, 3.8) is 0 Å². The van der Waals surface area contributed by atoms with Gasteiger partial charge in [-0.15, -0.1) is 0 Å². The first kappa shape index (κ1) is 15.1. The number of rotatable bonds is 3. The zero-order chi connectivity index (χ0) is 14.7. The lowest BCUT2D eigenvalue weighted by atomic mass is 9.80. The zero-order valence-corrected chi connectivity index (χ0v) is 13.6. The van der Waals surface area contributed by atoms with E-state index in [0.717, 1.165) is 12.0 Å². The third-order valence-electron chi connectivity index (χ3n) is 5.99.